The molecule has 0 aliphatic heterocycles. The molecule has 1 N–H and O–H groups in total. The Hall–Kier alpha value is -2.75. The number of benzene rings is 2. The number of carbonyl (C=O) groups is 1. The van der Waals surface area contributed by atoms with Crippen LogP contribution in [0.4, 0.5) is 0 Å². The number of carbonyl (C=O) groups excluding carboxylic acids is 1. The number of amides is 1. The second kappa shape index (κ2) is 6.35. The number of hydrogen-bond donors (Lipinski definition) is 1. The number of ether oxygens (including phenoxy) is 1. The van der Waals surface area contributed by atoms with E-state index in [1.165, 1.54) is 0 Å². The highest BCUT2D eigenvalue weighted by Gasteiger charge is 2.14. The van der Waals surface area contributed by atoms with Crippen molar-refractivity contribution in [3.05, 3.63) is 66.1 Å². The van der Waals surface area contributed by atoms with Crippen LogP contribution >= 0.6 is 0 Å². The summed E-state index contributed by atoms with van der Waals surface area (Å²) in [6, 6.07) is 15.3. The van der Waals surface area contributed by atoms with E-state index in [4.69, 9.17) is 9.15 Å². The number of nitrogens with one attached hydrogen (secondary N) is 1. The van der Waals surface area contributed by atoms with Crippen LogP contribution in [0.15, 0.2) is 59.2 Å². The van der Waals surface area contributed by atoms with Gasteiger partial charge in [-0.3, -0.25) is 4.79 Å². The van der Waals surface area contributed by atoms with E-state index >= 15 is 0 Å². The lowest BCUT2D eigenvalue weighted by molar-refractivity contribution is 0.0944. The van der Waals surface area contributed by atoms with E-state index < -0.39 is 0 Å². The molecular weight excluding hydrogens is 278 g/mol. The second-order valence-corrected chi connectivity index (χ2v) is 4.89. The standard InChI is InChI=1S/C18H17NO3/c1-2-21-17-11-14-7-4-3-6-13(14)10-16(17)18(20)19-12-15-8-5-9-22-15/h3-11H,2,12H2,1H3,(H,19,20). The molecule has 112 valence electrons. The van der Waals surface area contributed by atoms with Crippen LogP contribution in [0.5, 0.6) is 5.75 Å². The maximum absolute atomic E-state index is 12.4. The molecule has 0 unspecified atom stereocenters. The van der Waals surface area contributed by atoms with Crippen molar-refractivity contribution in [2.24, 2.45) is 0 Å². The summed E-state index contributed by atoms with van der Waals surface area (Å²) in [4.78, 5) is 12.4. The SMILES string of the molecule is CCOc1cc2ccccc2cc1C(=O)NCc1ccco1. The van der Waals surface area contributed by atoms with Gasteiger partial charge in [-0.25, -0.2) is 0 Å². The van der Waals surface area contributed by atoms with Crippen LogP contribution in [-0.2, 0) is 6.54 Å². The molecule has 0 radical (unpaired) electrons. The minimum absolute atomic E-state index is 0.175. The molecule has 0 aliphatic rings. The van der Waals surface area contributed by atoms with E-state index in [0.717, 1.165) is 10.8 Å². The number of hydrogen-bond acceptors (Lipinski definition) is 3. The lowest BCUT2D eigenvalue weighted by Gasteiger charge is -2.12. The molecular formula is C18H17NO3. The Kier molecular flexibility index (Phi) is 4.10. The molecule has 22 heavy (non-hydrogen) atoms. The third-order valence-electron chi connectivity index (χ3n) is 3.40. The fraction of sp³-hybridized carbons (Fsp3) is 0.167. The summed E-state index contributed by atoms with van der Waals surface area (Å²) in [5, 5.41) is 4.91. The molecule has 1 heterocycles. The molecule has 0 atom stereocenters. The number of rotatable bonds is 5. The summed E-state index contributed by atoms with van der Waals surface area (Å²) in [6.45, 7) is 2.76. The average Bonchev–Trinajstić information content (AvgIpc) is 3.06. The summed E-state index contributed by atoms with van der Waals surface area (Å²) >= 11 is 0. The normalized spacial score (nSPS) is 10.6. The highest BCUT2D eigenvalue weighted by Crippen LogP contribution is 2.26. The van der Waals surface area contributed by atoms with Gasteiger partial charge in [0.2, 0.25) is 0 Å². The Balaban J connectivity index is 1.89. The van der Waals surface area contributed by atoms with Gasteiger partial charge in [0.1, 0.15) is 11.5 Å². The van der Waals surface area contributed by atoms with E-state index in [2.05, 4.69) is 5.32 Å². The van der Waals surface area contributed by atoms with E-state index in [1.54, 1.807) is 12.3 Å². The number of fused-ring (bicyclic) bond motifs is 1. The van der Waals surface area contributed by atoms with Gasteiger partial charge in [0, 0.05) is 0 Å². The monoisotopic (exact) mass is 295 g/mol. The third kappa shape index (κ3) is 2.96. The van der Waals surface area contributed by atoms with Gasteiger partial charge in [-0.2, -0.15) is 0 Å². The van der Waals surface area contributed by atoms with E-state index in [9.17, 15) is 4.79 Å². The summed E-state index contributed by atoms with van der Waals surface area (Å²) < 4.78 is 10.8. The van der Waals surface area contributed by atoms with Gasteiger partial charge < -0.3 is 14.5 Å². The van der Waals surface area contributed by atoms with E-state index in [0.29, 0.717) is 30.2 Å². The fourth-order valence-corrected chi connectivity index (χ4v) is 2.35. The maximum atomic E-state index is 12.4. The molecule has 0 saturated carbocycles. The topological polar surface area (TPSA) is 51.5 Å². The molecule has 1 aromatic heterocycles. The van der Waals surface area contributed by atoms with E-state index in [-0.39, 0.29) is 5.91 Å². The minimum Gasteiger partial charge on any atom is -0.493 e. The van der Waals surface area contributed by atoms with Crippen LogP contribution < -0.4 is 10.1 Å². The Bertz CT molecular complexity index is 778. The smallest absolute Gasteiger partial charge is 0.255 e. The van der Waals surface area contributed by atoms with Crippen molar-refractivity contribution in [1.29, 1.82) is 0 Å². The number of furan rings is 1. The first-order chi connectivity index (χ1) is 10.8. The fourth-order valence-electron chi connectivity index (χ4n) is 2.35. The first-order valence-electron chi connectivity index (χ1n) is 7.24. The predicted octanol–water partition coefficient (Wildman–Crippen LogP) is 3.76. The Morgan fingerprint density at radius 3 is 2.59 bits per heavy atom. The van der Waals surface area contributed by atoms with Crippen LogP contribution in [0, 0.1) is 0 Å². The highest BCUT2D eigenvalue weighted by atomic mass is 16.5. The van der Waals surface area contributed by atoms with Crippen molar-refractivity contribution < 1.29 is 13.9 Å². The van der Waals surface area contributed by atoms with Gasteiger partial charge in [0.25, 0.3) is 5.91 Å². The molecule has 0 fully saturated rings. The van der Waals surface area contributed by atoms with Crippen molar-refractivity contribution in [2.75, 3.05) is 6.61 Å². The Morgan fingerprint density at radius 2 is 1.91 bits per heavy atom. The summed E-state index contributed by atoms with van der Waals surface area (Å²) in [5.41, 5.74) is 0.534. The van der Waals surface area contributed by atoms with Crippen LogP contribution in [0.2, 0.25) is 0 Å². The predicted molar refractivity (Wildman–Crippen MR) is 85.0 cm³/mol. The molecule has 2 aromatic carbocycles. The Morgan fingerprint density at radius 1 is 1.14 bits per heavy atom. The van der Waals surface area contributed by atoms with Crippen LogP contribution in [-0.4, -0.2) is 12.5 Å². The maximum Gasteiger partial charge on any atom is 0.255 e. The lowest BCUT2D eigenvalue weighted by Crippen LogP contribution is -2.23. The summed E-state index contributed by atoms with van der Waals surface area (Å²) in [5.74, 6) is 1.14. The first-order valence-corrected chi connectivity index (χ1v) is 7.24. The van der Waals surface area contributed by atoms with Crippen LogP contribution in [0.1, 0.15) is 23.0 Å². The molecule has 1 amide bonds. The van der Waals surface area contributed by atoms with Crippen molar-refractivity contribution in [3.8, 4) is 5.75 Å². The van der Waals surface area contributed by atoms with Crippen molar-refractivity contribution in [2.45, 2.75) is 13.5 Å². The first kappa shape index (κ1) is 14.2. The molecule has 0 bridgehead atoms. The molecule has 3 aromatic rings. The molecule has 0 aliphatic carbocycles. The molecule has 0 saturated heterocycles. The van der Waals surface area contributed by atoms with Gasteiger partial charge in [-0.1, -0.05) is 24.3 Å². The lowest BCUT2D eigenvalue weighted by atomic mass is 10.1. The molecule has 3 rings (SSSR count). The van der Waals surface area contributed by atoms with Crippen molar-refractivity contribution >= 4 is 16.7 Å². The second-order valence-electron chi connectivity index (χ2n) is 4.89. The van der Waals surface area contributed by atoms with Crippen molar-refractivity contribution in [1.82, 2.24) is 5.32 Å². The average molecular weight is 295 g/mol. The van der Waals surface area contributed by atoms with Gasteiger partial charge in [0.15, 0.2) is 0 Å². The highest BCUT2D eigenvalue weighted by molar-refractivity contribution is 6.01. The van der Waals surface area contributed by atoms with Gasteiger partial charge in [-0.15, -0.1) is 0 Å². The van der Waals surface area contributed by atoms with Crippen molar-refractivity contribution in [3.63, 3.8) is 0 Å². The Labute approximate surface area is 128 Å². The van der Waals surface area contributed by atoms with E-state index in [1.807, 2.05) is 49.4 Å². The summed E-state index contributed by atoms with van der Waals surface area (Å²) in [7, 11) is 0. The van der Waals surface area contributed by atoms with Gasteiger partial charge >= 0.3 is 0 Å². The van der Waals surface area contributed by atoms with Gasteiger partial charge in [0.05, 0.1) is 25.0 Å². The zero-order valence-electron chi connectivity index (χ0n) is 12.3. The minimum atomic E-state index is -0.175. The summed E-state index contributed by atoms with van der Waals surface area (Å²) in [6.07, 6.45) is 1.59. The third-order valence-corrected chi connectivity index (χ3v) is 3.40. The van der Waals surface area contributed by atoms with Crippen LogP contribution in [0.3, 0.4) is 0 Å². The molecule has 0 spiro atoms. The quantitative estimate of drug-likeness (QED) is 0.779. The van der Waals surface area contributed by atoms with Crippen LogP contribution in [0.25, 0.3) is 10.8 Å². The zero-order valence-corrected chi connectivity index (χ0v) is 12.3. The van der Waals surface area contributed by atoms with Gasteiger partial charge in [-0.05, 0) is 42.0 Å². The zero-order chi connectivity index (χ0) is 15.4. The molecule has 4 nitrogen and oxygen atoms in total. The largest absolute Gasteiger partial charge is 0.493 e. The molecule has 4 heteroatoms.